The molecule has 0 aliphatic heterocycles. The number of hydrogen-bond acceptors (Lipinski definition) is 8. The summed E-state index contributed by atoms with van der Waals surface area (Å²) >= 11 is 0. The lowest BCUT2D eigenvalue weighted by atomic mass is 10.2. The zero-order valence-electron chi connectivity index (χ0n) is 15.6. The summed E-state index contributed by atoms with van der Waals surface area (Å²) < 4.78 is 5.11. The molecule has 0 bridgehead atoms. The Morgan fingerprint density at radius 2 is 2.07 bits per heavy atom. The van der Waals surface area contributed by atoms with E-state index in [1.54, 1.807) is 12.1 Å². The van der Waals surface area contributed by atoms with Crippen LogP contribution in [0.25, 0.3) is 0 Å². The predicted molar refractivity (Wildman–Crippen MR) is 97.0 cm³/mol. The first-order valence-corrected chi connectivity index (χ1v) is 8.64. The Bertz CT molecular complexity index is 900. The van der Waals surface area contributed by atoms with Crippen molar-refractivity contribution in [1.29, 1.82) is 0 Å². The number of hydrogen-bond donors (Lipinski definition) is 3. The number of nitrogens with zero attached hydrogens (tertiary/aromatic N) is 5. The summed E-state index contributed by atoms with van der Waals surface area (Å²) in [6, 6.07) is 3.31. The molecule has 0 aromatic carbocycles. The van der Waals surface area contributed by atoms with Gasteiger partial charge in [0.15, 0.2) is 11.6 Å². The number of H-pyrrole nitrogens is 1. The predicted octanol–water partition coefficient (Wildman–Crippen LogP) is 2.12. The number of aromatic nitrogens is 6. The average Bonchev–Trinajstić information content (AvgIpc) is 3.29. The molecule has 0 radical (unpaired) electrons. The Hall–Kier alpha value is -3.30. The summed E-state index contributed by atoms with van der Waals surface area (Å²) in [6.45, 7) is 7.88. The first-order chi connectivity index (χ1) is 12.9. The molecular formula is C17H22N8O2. The number of rotatable bonds is 7. The highest BCUT2D eigenvalue weighted by atomic mass is 16.5. The molecule has 3 rings (SSSR count). The van der Waals surface area contributed by atoms with Crippen LogP contribution in [0.2, 0.25) is 0 Å². The smallest absolute Gasteiger partial charge is 0.253 e. The molecule has 1 atom stereocenters. The van der Waals surface area contributed by atoms with Gasteiger partial charge in [-0.2, -0.15) is 10.1 Å². The fraction of sp³-hybridized carbons (Fsp3) is 0.412. The van der Waals surface area contributed by atoms with Gasteiger partial charge in [0.05, 0.1) is 18.2 Å². The first-order valence-electron chi connectivity index (χ1n) is 8.64. The Kier molecular flexibility index (Phi) is 5.43. The van der Waals surface area contributed by atoms with Gasteiger partial charge >= 0.3 is 0 Å². The van der Waals surface area contributed by atoms with Crippen molar-refractivity contribution in [3.05, 3.63) is 47.3 Å². The van der Waals surface area contributed by atoms with Gasteiger partial charge in [-0.15, -0.1) is 0 Å². The minimum Gasteiger partial charge on any atom is -0.360 e. The van der Waals surface area contributed by atoms with Crippen molar-refractivity contribution < 1.29 is 9.32 Å². The van der Waals surface area contributed by atoms with E-state index in [0.717, 1.165) is 5.82 Å². The summed E-state index contributed by atoms with van der Waals surface area (Å²) in [7, 11) is 0. The third kappa shape index (κ3) is 4.66. The molecule has 27 heavy (non-hydrogen) atoms. The highest BCUT2D eigenvalue weighted by molar-refractivity contribution is 5.93. The van der Waals surface area contributed by atoms with E-state index in [1.807, 2.05) is 27.7 Å². The van der Waals surface area contributed by atoms with Crippen LogP contribution in [0.3, 0.4) is 0 Å². The normalized spacial score (nSPS) is 12.2. The minimum atomic E-state index is -0.261. The number of anilines is 1. The molecular weight excluding hydrogens is 348 g/mol. The quantitative estimate of drug-likeness (QED) is 0.575. The molecule has 0 aliphatic rings. The van der Waals surface area contributed by atoms with E-state index in [4.69, 9.17) is 4.52 Å². The number of amides is 1. The van der Waals surface area contributed by atoms with Gasteiger partial charge < -0.3 is 15.2 Å². The van der Waals surface area contributed by atoms with Gasteiger partial charge in [-0.25, -0.2) is 9.97 Å². The summed E-state index contributed by atoms with van der Waals surface area (Å²) in [5.74, 6) is 2.90. The van der Waals surface area contributed by atoms with Gasteiger partial charge in [-0.3, -0.25) is 9.89 Å². The molecule has 0 aliphatic carbocycles. The molecule has 3 N–H and O–H groups in total. The maximum atomic E-state index is 12.2. The summed E-state index contributed by atoms with van der Waals surface area (Å²) in [4.78, 5) is 25.0. The van der Waals surface area contributed by atoms with E-state index in [-0.39, 0.29) is 24.4 Å². The summed E-state index contributed by atoms with van der Waals surface area (Å²) in [5.41, 5.74) is 0.439. The molecule has 3 heterocycles. The van der Waals surface area contributed by atoms with Gasteiger partial charge in [0.25, 0.3) is 5.91 Å². The maximum Gasteiger partial charge on any atom is 0.253 e. The van der Waals surface area contributed by atoms with Crippen molar-refractivity contribution in [2.45, 2.75) is 46.2 Å². The van der Waals surface area contributed by atoms with Gasteiger partial charge in [-0.05, 0) is 26.0 Å². The Morgan fingerprint density at radius 1 is 1.26 bits per heavy atom. The SMILES string of the molecule is Cc1nc(C(C)Nc2ccc(C(=O)NCc3noc(C(C)C)n3)cn2)n[nH]1. The molecule has 0 saturated carbocycles. The number of nitrogens with one attached hydrogen (secondary N) is 3. The van der Waals surface area contributed by atoms with E-state index in [1.165, 1.54) is 6.20 Å². The van der Waals surface area contributed by atoms with Crippen LogP contribution in [0.1, 0.15) is 66.5 Å². The fourth-order valence-corrected chi connectivity index (χ4v) is 2.29. The first kappa shape index (κ1) is 18.5. The molecule has 1 unspecified atom stereocenters. The van der Waals surface area contributed by atoms with Crippen LogP contribution < -0.4 is 10.6 Å². The Balaban J connectivity index is 1.55. The van der Waals surface area contributed by atoms with Gasteiger partial charge in [-0.1, -0.05) is 19.0 Å². The Labute approximate surface area is 156 Å². The van der Waals surface area contributed by atoms with E-state index >= 15 is 0 Å². The minimum absolute atomic E-state index is 0.115. The van der Waals surface area contributed by atoms with Crippen molar-refractivity contribution in [2.75, 3.05) is 5.32 Å². The average molecular weight is 370 g/mol. The van der Waals surface area contributed by atoms with Crippen molar-refractivity contribution in [3.63, 3.8) is 0 Å². The van der Waals surface area contributed by atoms with Crippen LogP contribution in [-0.4, -0.2) is 36.2 Å². The van der Waals surface area contributed by atoms with Crippen LogP contribution in [0.5, 0.6) is 0 Å². The van der Waals surface area contributed by atoms with E-state index in [9.17, 15) is 4.79 Å². The maximum absolute atomic E-state index is 12.2. The molecule has 0 saturated heterocycles. The van der Waals surface area contributed by atoms with Gasteiger partial charge in [0.1, 0.15) is 11.6 Å². The summed E-state index contributed by atoms with van der Waals surface area (Å²) in [6.07, 6.45) is 1.50. The lowest BCUT2D eigenvalue weighted by Crippen LogP contribution is -2.23. The van der Waals surface area contributed by atoms with E-state index in [2.05, 4.69) is 40.9 Å². The number of aryl methyl sites for hydroxylation is 1. The third-order valence-corrected chi connectivity index (χ3v) is 3.78. The van der Waals surface area contributed by atoms with Crippen molar-refractivity contribution >= 4 is 11.7 Å². The zero-order chi connectivity index (χ0) is 19.4. The van der Waals surface area contributed by atoms with Crippen molar-refractivity contribution in [3.8, 4) is 0 Å². The topological polar surface area (TPSA) is 135 Å². The molecule has 3 aromatic heterocycles. The summed E-state index contributed by atoms with van der Waals surface area (Å²) in [5, 5.41) is 16.7. The number of pyridine rings is 1. The van der Waals surface area contributed by atoms with Gasteiger partial charge in [0.2, 0.25) is 5.89 Å². The van der Waals surface area contributed by atoms with E-state index < -0.39 is 0 Å². The molecule has 142 valence electrons. The van der Waals surface area contributed by atoms with Crippen molar-refractivity contribution in [1.82, 2.24) is 35.6 Å². The van der Waals surface area contributed by atoms with Crippen LogP contribution in [0.4, 0.5) is 5.82 Å². The lowest BCUT2D eigenvalue weighted by Gasteiger charge is -2.11. The standard InChI is InChI=1S/C17H22N8O2/c1-9(2)17-22-14(25-27-17)8-19-16(26)12-5-6-13(18-7-12)20-10(3)15-21-11(4)23-24-15/h5-7,9-10H,8H2,1-4H3,(H,18,20)(H,19,26)(H,21,23,24). The van der Waals surface area contributed by atoms with Gasteiger partial charge in [0, 0.05) is 12.1 Å². The largest absolute Gasteiger partial charge is 0.360 e. The highest BCUT2D eigenvalue weighted by Gasteiger charge is 2.13. The number of carbonyl (C=O) groups is 1. The molecule has 3 aromatic rings. The van der Waals surface area contributed by atoms with Crippen LogP contribution in [0.15, 0.2) is 22.9 Å². The number of carbonyl (C=O) groups excluding carboxylic acids is 1. The molecule has 0 spiro atoms. The van der Waals surface area contributed by atoms with Crippen LogP contribution in [0, 0.1) is 6.92 Å². The van der Waals surface area contributed by atoms with Crippen LogP contribution >= 0.6 is 0 Å². The third-order valence-electron chi connectivity index (χ3n) is 3.78. The lowest BCUT2D eigenvalue weighted by molar-refractivity contribution is 0.0949. The fourth-order valence-electron chi connectivity index (χ4n) is 2.29. The molecule has 10 heteroatoms. The Morgan fingerprint density at radius 3 is 2.67 bits per heavy atom. The second-order valence-corrected chi connectivity index (χ2v) is 6.46. The van der Waals surface area contributed by atoms with Crippen molar-refractivity contribution in [2.24, 2.45) is 0 Å². The van der Waals surface area contributed by atoms with E-state index in [0.29, 0.717) is 28.9 Å². The number of aromatic amines is 1. The molecule has 1 amide bonds. The monoisotopic (exact) mass is 370 g/mol. The zero-order valence-corrected chi connectivity index (χ0v) is 15.6. The highest BCUT2D eigenvalue weighted by Crippen LogP contribution is 2.15. The molecule has 0 fully saturated rings. The molecule has 10 nitrogen and oxygen atoms in total. The van der Waals surface area contributed by atoms with Crippen LogP contribution in [-0.2, 0) is 6.54 Å². The second kappa shape index (κ2) is 7.94. The second-order valence-electron chi connectivity index (χ2n) is 6.46.